The van der Waals surface area contributed by atoms with Crippen LogP contribution in [0.25, 0.3) is 11.3 Å². The molecule has 27 heteroatoms. The fourth-order valence-electron chi connectivity index (χ4n) is 9.51. The number of nitriles is 1. The maximum atomic E-state index is 12.5. The maximum absolute atomic E-state index is 12.5. The zero-order valence-electron chi connectivity index (χ0n) is 47.3. The van der Waals surface area contributed by atoms with Crippen molar-refractivity contribution in [2.75, 3.05) is 24.7 Å². The molecule has 84 heavy (non-hydrogen) atoms. The molecule has 2 saturated heterocycles. The highest BCUT2D eigenvalue weighted by Gasteiger charge is 2.68. The van der Waals surface area contributed by atoms with E-state index in [9.17, 15) is 14.7 Å². The van der Waals surface area contributed by atoms with E-state index in [1.807, 2.05) is 135 Å². The highest BCUT2D eigenvalue weighted by molar-refractivity contribution is 7.54. The molecule has 1 radical (unpaired) electrons. The average Bonchev–Trinajstić information content (AvgIpc) is 1.75. The Kier molecular flexibility index (Phi) is 27.1. The number of fused-ring (bicyclic) bond motifs is 2. The molecule has 447 valence electrons. The first-order chi connectivity index (χ1) is 40.5. The minimum atomic E-state index is -2.05. The van der Waals surface area contributed by atoms with E-state index < -0.39 is 39.8 Å². The molecular formula is C57H68B2Cl3F3N11O8. The Balaban J connectivity index is 0.000000266. The molecule has 1 unspecified atom stereocenters. The number of nitrogens with zero attached hydrogens (tertiary/aromatic N) is 9. The van der Waals surface area contributed by atoms with Gasteiger partial charge in [-0.2, -0.15) is 49.8 Å². The van der Waals surface area contributed by atoms with Gasteiger partial charge in [0.05, 0.1) is 51.5 Å². The Labute approximate surface area is 502 Å². The van der Waals surface area contributed by atoms with E-state index in [4.69, 9.17) is 88.5 Å². The van der Waals surface area contributed by atoms with Gasteiger partial charge in [0.15, 0.2) is 28.5 Å². The van der Waals surface area contributed by atoms with Gasteiger partial charge in [0, 0.05) is 21.7 Å². The van der Waals surface area contributed by atoms with Gasteiger partial charge < -0.3 is 54.4 Å². The Morgan fingerprint density at radius 2 is 1.08 bits per heavy atom. The lowest BCUT2D eigenvalue weighted by Gasteiger charge is -2.39. The number of benzene rings is 4. The Hall–Kier alpha value is -6.46. The number of aliphatic hydroxyl groups excluding tert-OH is 1. The third-order valence-corrected chi connectivity index (χ3v) is 13.8. The SMILES string of the molecule is CCO.CC[B]F.CC[C@H]1O[C@@](C#N)(c2cnc3c(N)ncnn23)[C@](C)(OCc2ccccc2)[C@@H]1C.C[C@@]1(OCc2ccccc2)[C@H](OCc2ccccc2)[C@@H](COCc2ccccc2)OC1(O)c1cnc2c(N)ncnn12.ClB(Cl)Cl.FF. The number of hydrogen-bond acceptors (Lipinski definition) is 17. The van der Waals surface area contributed by atoms with Crippen LogP contribution >= 0.6 is 34.4 Å². The number of nitrogen functional groups attached to an aromatic ring is 2. The van der Waals surface area contributed by atoms with Gasteiger partial charge in [-0.25, -0.2) is 29.0 Å². The monoisotopic (exact) mass is 1220 g/mol. The molecule has 2 aliphatic rings. The fourth-order valence-corrected chi connectivity index (χ4v) is 9.51. The standard InChI is InChI=1S/C32H33N5O5.C21H24N6O2.C2H5BF.C2H6O.BCl3.F2/c1-31(41-20-25-15-9-4-10-16-25)28(40-19-24-13-7-3-8-14-24)26(21-39-18-23-11-5-2-6-12-23)42-32(31,38)27-17-34-30-29(33)35-22-36-37(27)30;1-4-16-14(2)20(3,28-11-15-8-6-5-7-9-15)21(12-22,29-16)17-10-24-19-18(23)25-13-26-27(17)19;1-2-3-4;1-2-3;2-1(3)4;1-2/h2-17,22,26,28,38H,18-21H2,1H3,(H2,33,35,36);5-10,13-14,16H,4,11H2,1-3H3,(H2,23,25,26);2H2,1H3;3H,2H2,1H3;;/t26-,28-,31-,32?;14-,16-,20-,21+;;;;/m11..../s1. The van der Waals surface area contributed by atoms with Gasteiger partial charge in [0.2, 0.25) is 11.4 Å². The van der Waals surface area contributed by atoms with Crippen LogP contribution in [-0.2, 0) is 66.2 Å². The van der Waals surface area contributed by atoms with Crippen molar-refractivity contribution in [3.05, 3.63) is 180 Å². The number of hydrogen-bond donors (Lipinski definition) is 4. The maximum Gasteiger partial charge on any atom is 0.450 e. The summed E-state index contributed by atoms with van der Waals surface area (Å²) in [5.74, 6) is -1.68. The van der Waals surface area contributed by atoms with Crippen molar-refractivity contribution in [3.8, 4) is 6.07 Å². The Morgan fingerprint density at radius 3 is 1.51 bits per heavy atom. The summed E-state index contributed by atoms with van der Waals surface area (Å²) < 4.78 is 68.2. The quantitative estimate of drug-likeness (QED) is 0.0618. The second-order valence-electron chi connectivity index (χ2n) is 19.1. The van der Waals surface area contributed by atoms with Crippen LogP contribution in [0.3, 0.4) is 0 Å². The lowest BCUT2D eigenvalue weighted by Crippen LogP contribution is -2.55. The van der Waals surface area contributed by atoms with Crippen LogP contribution in [-0.4, -0.2) is 105 Å². The van der Waals surface area contributed by atoms with E-state index in [-0.39, 0.29) is 55.8 Å². The highest BCUT2D eigenvalue weighted by atomic mass is 35.6. The molecule has 0 aliphatic carbocycles. The lowest BCUT2D eigenvalue weighted by atomic mass is 9.75. The number of halogens is 6. The number of nitrogens with two attached hydrogens (primary N) is 2. The third-order valence-electron chi connectivity index (χ3n) is 13.8. The lowest BCUT2D eigenvalue weighted by molar-refractivity contribution is -0.294. The van der Waals surface area contributed by atoms with Crippen LogP contribution in [0.4, 0.5) is 25.1 Å². The van der Waals surface area contributed by atoms with E-state index >= 15 is 0 Å². The first kappa shape index (κ1) is 68.3. The molecule has 0 saturated carbocycles. The van der Waals surface area contributed by atoms with E-state index in [0.29, 0.717) is 44.1 Å². The Morgan fingerprint density at radius 1 is 0.679 bits per heavy atom. The summed E-state index contributed by atoms with van der Waals surface area (Å²) in [6.07, 6.45) is 5.36. The molecule has 6 heterocycles. The molecule has 0 spiro atoms. The van der Waals surface area contributed by atoms with Crippen molar-refractivity contribution >= 4 is 69.8 Å². The summed E-state index contributed by atoms with van der Waals surface area (Å²) in [7, 11) is 0.625. The van der Waals surface area contributed by atoms with Crippen molar-refractivity contribution in [1.82, 2.24) is 39.2 Å². The van der Waals surface area contributed by atoms with Gasteiger partial charge in [0.1, 0.15) is 47.9 Å². The van der Waals surface area contributed by atoms with Gasteiger partial charge in [-0.1, -0.05) is 142 Å². The van der Waals surface area contributed by atoms with Crippen molar-refractivity contribution in [1.29, 1.82) is 5.26 Å². The van der Waals surface area contributed by atoms with E-state index in [2.05, 4.69) is 43.1 Å². The number of rotatable bonds is 17. The molecule has 4 aromatic carbocycles. The van der Waals surface area contributed by atoms with Crippen molar-refractivity contribution < 1.29 is 52.1 Å². The normalized spacial score (nSPS) is 22.9. The summed E-state index contributed by atoms with van der Waals surface area (Å²) in [6.45, 7) is 12.8. The van der Waals surface area contributed by atoms with Crippen LogP contribution in [0.15, 0.2) is 146 Å². The van der Waals surface area contributed by atoms with Gasteiger partial charge in [-0.15, -0.1) is 0 Å². The molecule has 0 amide bonds. The molecule has 8 aromatic rings. The summed E-state index contributed by atoms with van der Waals surface area (Å²) >= 11 is 14.4. The van der Waals surface area contributed by atoms with Gasteiger partial charge in [0.25, 0.3) is 0 Å². The Bertz CT molecular complexity index is 3230. The summed E-state index contributed by atoms with van der Waals surface area (Å²) in [6, 6.07) is 41.7. The molecular weight excluding hydrogens is 1150 g/mol. The second kappa shape index (κ2) is 33.3. The first-order valence-corrected chi connectivity index (χ1v) is 27.9. The zero-order valence-corrected chi connectivity index (χ0v) is 49.5. The molecule has 6 N–H and O–H groups in total. The molecule has 2 aliphatic heterocycles. The van der Waals surface area contributed by atoms with Crippen molar-refractivity contribution in [2.45, 2.75) is 122 Å². The van der Waals surface area contributed by atoms with E-state index in [1.54, 1.807) is 27.0 Å². The number of anilines is 2. The molecule has 8 atom stereocenters. The van der Waals surface area contributed by atoms with Gasteiger partial charge in [-0.05, 0) is 55.8 Å². The van der Waals surface area contributed by atoms with Crippen molar-refractivity contribution in [2.24, 2.45) is 5.92 Å². The highest BCUT2D eigenvalue weighted by Crippen LogP contribution is 2.53. The smallest absolute Gasteiger partial charge is 0.397 e. The molecule has 2 fully saturated rings. The van der Waals surface area contributed by atoms with Crippen LogP contribution in [0.2, 0.25) is 6.32 Å². The molecule has 4 aromatic heterocycles. The predicted octanol–water partition coefficient (Wildman–Crippen LogP) is 10.4. The van der Waals surface area contributed by atoms with Gasteiger partial charge in [-0.3, -0.25) is 0 Å². The average molecular weight is 1220 g/mol. The number of aliphatic hydroxyl groups is 2. The zero-order chi connectivity index (χ0) is 61.3. The summed E-state index contributed by atoms with van der Waals surface area (Å²) in [5.41, 5.74) is 13.6. The minimum Gasteiger partial charge on any atom is -0.397 e. The van der Waals surface area contributed by atoms with E-state index in [0.717, 1.165) is 28.7 Å². The van der Waals surface area contributed by atoms with Crippen LogP contribution in [0.5, 0.6) is 0 Å². The van der Waals surface area contributed by atoms with Crippen molar-refractivity contribution in [3.63, 3.8) is 0 Å². The summed E-state index contributed by atoms with van der Waals surface area (Å²) in [5, 5.41) is 39.1. The third kappa shape index (κ3) is 16.3. The molecule has 10 rings (SSSR count). The van der Waals surface area contributed by atoms with Crippen LogP contribution < -0.4 is 11.5 Å². The van der Waals surface area contributed by atoms with Crippen LogP contribution in [0, 0.1) is 17.2 Å². The van der Waals surface area contributed by atoms with Crippen LogP contribution in [0.1, 0.15) is 81.6 Å². The molecule has 19 nitrogen and oxygen atoms in total. The number of aromatic nitrogens is 8. The summed E-state index contributed by atoms with van der Waals surface area (Å²) in [4.78, 5) is 16.0. The number of imidazole rings is 2. The predicted molar refractivity (Wildman–Crippen MR) is 317 cm³/mol. The minimum absolute atomic E-state index is 0.0411. The molecule has 0 bridgehead atoms. The van der Waals surface area contributed by atoms with Gasteiger partial charge >= 0.3 is 12.5 Å². The number of ether oxygens (including phenoxy) is 6. The second-order valence-corrected chi connectivity index (χ2v) is 21.1. The van der Waals surface area contributed by atoms with E-state index in [1.165, 1.54) is 27.9 Å². The first-order valence-electron chi connectivity index (χ1n) is 26.6. The largest absolute Gasteiger partial charge is 0.450 e. The topological polar surface area (TPSA) is 258 Å². The fraction of sp³-hybridized carbons (Fsp3) is 0.386.